The molecule has 1 amide bonds. The number of halogens is 2. The zero-order chi connectivity index (χ0) is 17.7. The van der Waals surface area contributed by atoms with E-state index in [1.54, 1.807) is 31.2 Å². The Hall–Kier alpha value is -1.89. The third-order valence-corrected chi connectivity index (χ3v) is 3.66. The SMILES string of the molecule is Cc1nc(NCCN(C)C)cc(C(=O)Nc2ccc(Cl)cc2Cl)n1. The van der Waals surface area contributed by atoms with E-state index in [-0.39, 0.29) is 11.6 Å². The van der Waals surface area contributed by atoms with Gasteiger partial charge in [-0.05, 0) is 39.2 Å². The summed E-state index contributed by atoms with van der Waals surface area (Å²) in [7, 11) is 3.98. The number of hydrogen-bond acceptors (Lipinski definition) is 5. The molecule has 0 aliphatic carbocycles. The lowest BCUT2D eigenvalue weighted by molar-refractivity contribution is 0.102. The van der Waals surface area contributed by atoms with Crippen LogP contribution in [0.2, 0.25) is 10.0 Å². The van der Waals surface area contributed by atoms with Gasteiger partial charge in [0.05, 0.1) is 10.7 Å². The number of likely N-dealkylation sites (N-methyl/N-ethyl adjacent to an activating group) is 1. The van der Waals surface area contributed by atoms with Crippen LogP contribution < -0.4 is 10.6 Å². The molecular formula is C16H19Cl2N5O. The average molecular weight is 368 g/mol. The van der Waals surface area contributed by atoms with E-state index < -0.39 is 0 Å². The first-order chi connectivity index (χ1) is 11.3. The molecule has 0 spiro atoms. The van der Waals surface area contributed by atoms with E-state index in [2.05, 4.69) is 25.5 Å². The first-order valence-electron chi connectivity index (χ1n) is 7.36. The quantitative estimate of drug-likeness (QED) is 0.819. The Bertz CT molecular complexity index is 736. The topological polar surface area (TPSA) is 70.2 Å². The summed E-state index contributed by atoms with van der Waals surface area (Å²) < 4.78 is 0. The molecule has 2 rings (SSSR count). The zero-order valence-electron chi connectivity index (χ0n) is 13.7. The maximum atomic E-state index is 12.4. The number of aromatic nitrogens is 2. The number of rotatable bonds is 6. The molecule has 1 heterocycles. The second kappa shape index (κ2) is 8.28. The van der Waals surface area contributed by atoms with Crippen LogP contribution in [0.3, 0.4) is 0 Å². The minimum absolute atomic E-state index is 0.265. The number of benzene rings is 1. The highest BCUT2D eigenvalue weighted by molar-refractivity contribution is 6.36. The Morgan fingerprint density at radius 2 is 1.96 bits per heavy atom. The second-order valence-corrected chi connectivity index (χ2v) is 6.34. The van der Waals surface area contributed by atoms with Gasteiger partial charge >= 0.3 is 0 Å². The minimum atomic E-state index is -0.361. The summed E-state index contributed by atoms with van der Waals surface area (Å²) in [4.78, 5) is 22.9. The molecule has 128 valence electrons. The minimum Gasteiger partial charge on any atom is -0.369 e. The summed E-state index contributed by atoms with van der Waals surface area (Å²) in [6.07, 6.45) is 0. The van der Waals surface area contributed by atoms with Crippen LogP contribution >= 0.6 is 23.2 Å². The van der Waals surface area contributed by atoms with Crippen molar-refractivity contribution in [2.75, 3.05) is 37.8 Å². The molecule has 1 aromatic carbocycles. The van der Waals surface area contributed by atoms with Crippen LogP contribution in [0.25, 0.3) is 0 Å². The van der Waals surface area contributed by atoms with Gasteiger partial charge in [0, 0.05) is 24.2 Å². The third kappa shape index (κ3) is 5.33. The maximum Gasteiger partial charge on any atom is 0.274 e. The first-order valence-corrected chi connectivity index (χ1v) is 8.11. The van der Waals surface area contributed by atoms with E-state index in [1.165, 1.54) is 0 Å². The Labute approximate surface area is 151 Å². The Morgan fingerprint density at radius 3 is 2.62 bits per heavy atom. The standard InChI is InChI=1S/C16H19Cl2N5O/c1-10-20-14(9-15(21-10)19-6-7-23(2)3)16(24)22-13-5-4-11(17)8-12(13)18/h4-5,8-9H,6-7H2,1-3H3,(H,22,24)(H,19,20,21). The Kier molecular flexibility index (Phi) is 6.36. The number of anilines is 2. The summed E-state index contributed by atoms with van der Waals surface area (Å²) in [5, 5.41) is 6.77. The number of hydrogen-bond donors (Lipinski definition) is 2. The van der Waals surface area contributed by atoms with Crippen LogP contribution in [0.5, 0.6) is 0 Å². The van der Waals surface area contributed by atoms with Crippen molar-refractivity contribution >= 4 is 40.6 Å². The smallest absolute Gasteiger partial charge is 0.274 e. The van der Waals surface area contributed by atoms with Crippen molar-refractivity contribution in [3.63, 3.8) is 0 Å². The molecule has 0 atom stereocenters. The maximum absolute atomic E-state index is 12.4. The van der Waals surface area contributed by atoms with E-state index in [0.29, 0.717) is 33.9 Å². The van der Waals surface area contributed by atoms with Crippen LogP contribution in [0.1, 0.15) is 16.3 Å². The monoisotopic (exact) mass is 367 g/mol. The van der Waals surface area contributed by atoms with Crippen LogP contribution in [-0.4, -0.2) is 48.0 Å². The van der Waals surface area contributed by atoms with Crippen molar-refractivity contribution in [2.45, 2.75) is 6.92 Å². The lowest BCUT2D eigenvalue weighted by atomic mass is 10.3. The molecule has 8 heteroatoms. The van der Waals surface area contributed by atoms with E-state index in [9.17, 15) is 4.79 Å². The Morgan fingerprint density at radius 1 is 1.21 bits per heavy atom. The van der Waals surface area contributed by atoms with E-state index in [4.69, 9.17) is 23.2 Å². The van der Waals surface area contributed by atoms with Crippen LogP contribution in [-0.2, 0) is 0 Å². The van der Waals surface area contributed by atoms with Gasteiger partial charge < -0.3 is 15.5 Å². The number of carbonyl (C=O) groups excluding carboxylic acids is 1. The van der Waals surface area contributed by atoms with Crippen molar-refractivity contribution in [1.29, 1.82) is 0 Å². The fourth-order valence-electron chi connectivity index (χ4n) is 1.96. The highest BCUT2D eigenvalue weighted by atomic mass is 35.5. The molecule has 0 radical (unpaired) electrons. The highest BCUT2D eigenvalue weighted by Crippen LogP contribution is 2.25. The van der Waals surface area contributed by atoms with Crippen molar-refractivity contribution < 1.29 is 4.79 Å². The van der Waals surface area contributed by atoms with Crippen molar-refractivity contribution in [3.8, 4) is 0 Å². The number of aryl methyl sites for hydroxylation is 1. The van der Waals surface area contributed by atoms with Crippen LogP contribution in [0.15, 0.2) is 24.3 Å². The van der Waals surface area contributed by atoms with Crippen molar-refractivity contribution in [2.24, 2.45) is 0 Å². The largest absolute Gasteiger partial charge is 0.369 e. The summed E-state index contributed by atoms with van der Waals surface area (Å²) >= 11 is 11.9. The van der Waals surface area contributed by atoms with Crippen molar-refractivity contribution in [3.05, 3.63) is 45.8 Å². The molecule has 1 aromatic heterocycles. The molecular weight excluding hydrogens is 349 g/mol. The molecule has 2 aromatic rings. The highest BCUT2D eigenvalue weighted by Gasteiger charge is 2.12. The van der Waals surface area contributed by atoms with E-state index in [0.717, 1.165) is 6.54 Å². The fourth-order valence-corrected chi connectivity index (χ4v) is 2.42. The third-order valence-electron chi connectivity index (χ3n) is 3.12. The predicted octanol–water partition coefficient (Wildman–Crippen LogP) is 3.32. The summed E-state index contributed by atoms with van der Waals surface area (Å²) in [5.74, 6) is 0.759. The lowest BCUT2D eigenvalue weighted by Crippen LogP contribution is -2.22. The molecule has 0 unspecified atom stereocenters. The van der Waals surface area contributed by atoms with Gasteiger partial charge in [-0.3, -0.25) is 4.79 Å². The molecule has 0 saturated carbocycles. The second-order valence-electron chi connectivity index (χ2n) is 5.49. The summed E-state index contributed by atoms with van der Waals surface area (Å²) in [6.45, 7) is 3.31. The number of amides is 1. The van der Waals surface area contributed by atoms with Crippen LogP contribution in [0, 0.1) is 6.92 Å². The van der Waals surface area contributed by atoms with E-state index >= 15 is 0 Å². The molecule has 6 nitrogen and oxygen atoms in total. The van der Waals surface area contributed by atoms with E-state index in [1.807, 2.05) is 14.1 Å². The zero-order valence-corrected chi connectivity index (χ0v) is 15.2. The lowest BCUT2D eigenvalue weighted by Gasteiger charge is -2.12. The number of carbonyl (C=O) groups is 1. The normalized spacial score (nSPS) is 10.8. The van der Waals surface area contributed by atoms with Gasteiger partial charge in [-0.2, -0.15) is 0 Å². The predicted molar refractivity (Wildman–Crippen MR) is 98.2 cm³/mol. The van der Waals surface area contributed by atoms with Gasteiger partial charge in [-0.15, -0.1) is 0 Å². The van der Waals surface area contributed by atoms with Crippen LogP contribution in [0.4, 0.5) is 11.5 Å². The van der Waals surface area contributed by atoms with Gasteiger partial charge in [0.25, 0.3) is 5.91 Å². The van der Waals surface area contributed by atoms with Gasteiger partial charge in [-0.25, -0.2) is 9.97 Å². The van der Waals surface area contributed by atoms with Gasteiger partial charge in [-0.1, -0.05) is 23.2 Å². The van der Waals surface area contributed by atoms with Gasteiger partial charge in [0.1, 0.15) is 17.3 Å². The fraction of sp³-hybridized carbons (Fsp3) is 0.312. The summed E-state index contributed by atoms with van der Waals surface area (Å²) in [6, 6.07) is 6.48. The first kappa shape index (κ1) is 18.4. The molecule has 0 bridgehead atoms. The molecule has 0 fully saturated rings. The molecule has 0 aliphatic rings. The molecule has 2 N–H and O–H groups in total. The van der Waals surface area contributed by atoms with Gasteiger partial charge in [0.15, 0.2) is 0 Å². The molecule has 24 heavy (non-hydrogen) atoms. The Balaban J connectivity index is 2.12. The average Bonchev–Trinajstić information content (AvgIpc) is 2.49. The summed E-state index contributed by atoms with van der Waals surface area (Å²) in [5.41, 5.74) is 0.741. The van der Waals surface area contributed by atoms with Gasteiger partial charge in [0.2, 0.25) is 0 Å². The molecule has 0 saturated heterocycles. The molecule has 0 aliphatic heterocycles. The number of nitrogens with one attached hydrogen (secondary N) is 2. The number of nitrogens with zero attached hydrogens (tertiary/aromatic N) is 3. The van der Waals surface area contributed by atoms with Crippen molar-refractivity contribution in [1.82, 2.24) is 14.9 Å².